The third kappa shape index (κ3) is 3.57. The number of rotatable bonds is 4. The van der Waals surface area contributed by atoms with Crippen molar-refractivity contribution in [2.45, 2.75) is 12.5 Å². The van der Waals surface area contributed by atoms with Crippen LogP contribution in [0.25, 0.3) is 0 Å². The molecule has 0 bridgehead atoms. The Morgan fingerprint density at radius 3 is 2.59 bits per heavy atom. The van der Waals surface area contributed by atoms with E-state index >= 15 is 0 Å². The van der Waals surface area contributed by atoms with Crippen molar-refractivity contribution < 1.29 is 9.18 Å². The fraction of sp³-hybridized carbons (Fsp3) is 0.364. The Labute approximate surface area is 118 Å². The molecule has 0 aliphatic carbocycles. The molecule has 1 aromatic rings. The lowest BCUT2D eigenvalue weighted by atomic mass is 10.1. The second-order valence-electron chi connectivity index (χ2n) is 3.88. The summed E-state index contributed by atoms with van der Waals surface area (Å²) < 4.78 is 13.9. The zero-order valence-corrected chi connectivity index (χ0v) is 12.2. The van der Waals surface area contributed by atoms with Gasteiger partial charge in [0.15, 0.2) is 0 Å². The Morgan fingerprint density at radius 2 is 2.06 bits per heavy atom. The van der Waals surface area contributed by atoms with E-state index in [1.54, 1.807) is 13.0 Å². The smallest absolute Gasteiger partial charge is 0.254 e. The average Bonchev–Trinajstić information content (AvgIpc) is 2.32. The molecule has 1 N–H and O–H groups in total. The summed E-state index contributed by atoms with van der Waals surface area (Å²) in [4.78, 5) is 11.9. The molecule has 94 valence electrons. The summed E-state index contributed by atoms with van der Waals surface area (Å²) in [5.74, 6) is -0.834. The molecule has 1 rings (SSSR count). The molecule has 0 fully saturated rings. The van der Waals surface area contributed by atoms with Crippen LogP contribution in [0.3, 0.4) is 0 Å². The summed E-state index contributed by atoms with van der Waals surface area (Å²) in [6, 6.07) is 4.51. The second kappa shape index (κ2) is 6.03. The third-order valence-corrected chi connectivity index (χ3v) is 3.99. The van der Waals surface area contributed by atoms with Crippen molar-refractivity contribution in [1.82, 2.24) is 5.32 Å². The lowest BCUT2D eigenvalue weighted by Crippen LogP contribution is -2.49. The zero-order chi connectivity index (χ0) is 13.1. The predicted octanol–water partition coefficient (Wildman–Crippen LogP) is 3.55. The Bertz CT molecular complexity index is 424. The van der Waals surface area contributed by atoms with Crippen molar-refractivity contribution in [2.75, 3.05) is 11.8 Å². The summed E-state index contributed by atoms with van der Waals surface area (Å²) >= 11 is 14.4. The van der Waals surface area contributed by atoms with Gasteiger partial charge in [-0.2, -0.15) is 0 Å². The number of alkyl halides is 2. The normalized spacial score (nSPS) is 11.4. The van der Waals surface area contributed by atoms with Gasteiger partial charge in [0.25, 0.3) is 5.91 Å². The van der Waals surface area contributed by atoms with Crippen LogP contribution in [0.2, 0.25) is 0 Å². The number of nitrogens with one attached hydrogen (secondary N) is 1. The molecular formula is C11H11BrCl2FNO. The van der Waals surface area contributed by atoms with Gasteiger partial charge in [0, 0.05) is 11.8 Å². The molecule has 1 amide bonds. The van der Waals surface area contributed by atoms with Crippen molar-refractivity contribution in [1.29, 1.82) is 0 Å². The highest BCUT2D eigenvalue weighted by Crippen LogP contribution is 2.19. The molecule has 0 aliphatic rings. The van der Waals surface area contributed by atoms with Crippen LogP contribution in [-0.2, 0) is 0 Å². The van der Waals surface area contributed by atoms with Crippen molar-refractivity contribution in [3.8, 4) is 0 Å². The average molecular weight is 343 g/mol. The fourth-order valence-electron chi connectivity index (χ4n) is 1.12. The maximum atomic E-state index is 13.7. The van der Waals surface area contributed by atoms with Gasteiger partial charge in [-0.15, -0.1) is 23.2 Å². The molecule has 0 aliphatic heterocycles. The number of hydrogen-bond acceptors (Lipinski definition) is 1. The Balaban J connectivity index is 2.94. The molecule has 0 radical (unpaired) electrons. The largest absolute Gasteiger partial charge is 0.344 e. The van der Waals surface area contributed by atoms with E-state index in [9.17, 15) is 9.18 Å². The predicted molar refractivity (Wildman–Crippen MR) is 71.4 cm³/mol. The van der Waals surface area contributed by atoms with Gasteiger partial charge in [-0.25, -0.2) is 4.39 Å². The first-order chi connectivity index (χ1) is 7.93. The van der Waals surface area contributed by atoms with Crippen LogP contribution >= 0.6 is 39.1 Å². The van der Waals surface area contributed by atoms with Gasteiger partial charge in [0.1, 0.15) is 5.82 Å². The fourth-order valence-corrected chi connectivity index (χ4v) is 1.91. The summed E-state index contributed by atoms with van der Waals surface area (Å²) in [6.07, 6.45) is 0. The van der Waals surface area contributed by atoms with Gasteiger partial charge in [0.2, 0.25) is 0 Å². The molecule has 1 aromatic carbocycles. The number of halogens is 4. The maximum absolute atomic E-state index is 13.7. The van der Waals surface area contributed by atoms with Gasteiger partial charge >= 0.3 is 0 Å². The van der Waals surface area contributed by atoms with E-state index in [2.05, 4.69) is 21.2 Å². The van der Waals surface area contributed by atoms with E-state index in [-0.39, 0.29) is 21.8 Å². The van der Waals surface area contributed by atoms with Crippen LogP contribution in [-0.4, -0.2) is 23.2 Å². The Kier molecular flexibility index (Phi) is 5.22. The molecule has 0 spiro atoms. The number of amides is 1. The van der Waals surface area contributed by atoms with Crippen LogP contribution < -0.4 is 5.32 Å². The molecule has 17 heavy (non-hydrogen) atoms. The number of carbonyl (C=O) groups is 1. The summed E-state index contributed by atoms with van der Waals surface area (Å²) in [7, 11) is 0. The van der Waals surface area contributed by atoms with Crippen LogP contribution in [0.15, 0.2) is 22.7 Å². The number of hydrogen-bond donors (Lipinski definition) is 1. The van der Waals surface area contributed by atoms with Crippen LogP contribution in [0.4, 0.5) is 4.39 Å². The first kappa shape index (κ1) is 14.7. The minimum Gasteiger partial charge on any atom is -0.344 e. The Morgan fingerprint density at radius 1 is 1.47 bits per heavy atom. The van der Waals surface area contributed by atoms with Gasteiger partial charge in [0.05, 0.1) is 15.6 Å². The van der Waals surface area contributed by atoms with E-state index in [1.165, 1.54) is 12.1 Å². The summed E-state index contributed by atoms with van der Waals surface area (Å²) in [5.41, 5.74) is -0.796. The van der Waals surface area contributed by atoms with Gasteiger partial charge in [-0.3, -0.25) is 4.79 Å². The molecule has 0 atom stereocenters. The van der Waals surface area contributed by atoms with Crippen molar-refractivity contribution >= 4 is 45.0 Å². The minimum absolute atomic E-state index is 0.0409. The van der Waals surface area contributed by atoms with E-state index in [4.69, 9.17) is 23.2 Å². The highest BCUT2D eigenvalue weighted by molar-refractivity contribution is 9.10. The highest BCUT2D eigenvalue weighted by Gasteiger charge is 2.26. The second-order valence-corrected chi connectivity index (χ2v) is 5.27. The SMILES string of the molecule is CC(CCl)(CCl)NC(=O)c1cccc(Br)c1F. The van der Waals surface area contributed by atoms with Crippen LogP contribution in [0, 0.1) is 5.82 Å². The standard InChI is InChI=1S/C11H11BrCl2FNO/c1-11(5-13,6-14)16-10(17)7-3-2-4-8(12)9(7)15/h2-4H,5-6H2,1H3,(H,16,17). The van der Waals surface area contributed by atoms with Gasteiger partial charge < -0.3 is 5.32 Å². The van der Waals surface area contributed by atoms with Crippen LogP contribution in [0.5, 0.6) is 0 Å². The zero-order valence-electron chi connectivity index (χ0n) is 9.07. The van der Waals surface area contributed by atoms with Gasteiger partial charge in [-0.05, 0) is 35.0 Å². The van der Waals surface area contributed by atoms with Crippen LogP contribution in [0.1, 0.15) is 17.3 Å². The van der Waals surface area contributed by atoms with E-state index in [0.29, 0.717) is 0 Å². The van der Waals surface area contributed by atoms with E-state index in [1.807, 2.05) is 0 Å². The summed E-state index contributed by atoms with van der Waals surface area (Å²) in [5, 5.41) is 2.61. The molecular weight excluding hydrogens is 332 g/mol. The monoisotopic (exact) mass is 341 g/mol. The molecule has 0 saturated carbocycles. The molecule has 6 heteroatoms. The van der Waals surface area contributed by atoms with E-state index in [0.717, 1.165) is 0 Å². The summed E-state index contributed by atoms with van der Waals surface area (Å²) in [6.45, 7) is 1.70. The minimum atomic E-state index is -0.755. The number of carbonyl (C=O) groups excluding carboxylic acids is 1. The van der Waals surface area contributed by atoms with Crippen molar-refractivity contribution in [3.05, 3.63) is 34.1 Å². The van der Waals surface area contributed by atoms with E-state index < -0.39 is 17.3 Å². The Hall–Kier alpha value is -0.320. The van der Waals surface area contributed by atoms with Crippen molar-refractivity contribution in [2.24, 2.45) is 0 Å². The molecule has 2 nitrogen and oxygen atoms in total. The molecule has 0 unspecified atom stereocenters. The molecule has 0 saturated heterocycles. The first-order valence-corrected chi connectivity index (χ1v) is 6.68. The molecule has 0 aromatic heterocycles. The first-order valence-electron chi connectivity index (χ1n) is 4.82. The van der Waals surface area contributed by atoms with Crippen molar-refractivity contribution in [3.63, 3.8) is 0 Å². The lowest BCUT2D eigenvalue weighted by molar-refractivity contribution is 0.0917. The van der Waals surface area contributed by atoms with Gasteiger partial charge in [-0.1, -0.05) is 6.07 Å². The maximum Gasteiger partial charge on any atom is 0.254 e. The lowest BCUT2D eigenvalue weighted by Gasteiger charge is -2.26. The molecule has 0 heterocycles. The quantitative estimate of drug-likeness (QED) is 0.833. The third-order valence-electron chi connectivity index (χ3n) is 2.20. The highest BCUT2D eigenvalue weighted by atomic mass is 79.9. The topological polar surface area (TPSA) is 29.1 Å². The number of benzene rings is 1.